The molecule has 0 radical (unpaired) electrons. The molecule has 4 aliphatic rings. The molecule has 7 rings (SSSR count). The van der Waals surface area contributed by atoms with Gasteiger partial charge in [0.05, 0.1) is 30.3 Å². The molecule has 12 heteroatoms. The number of aromatic hydroxyl groups is 1. The number of benzene rings is 3. The quantitative estimate of drug-likeness (QED) is 0.200. The van der Waals surface area contributed by atoms with Crippen LogP contribution in [0.4, 0.5) is 15.8 Å². The van der Waals surface area contributed by atoms with Crippen molar-refractivity contribution in [2.45, 2.75) is 28.5 Å². The highest BCUT2D eigenvalue weighted by molar-refractivity contribution is 9.10. The van der Waals surface area contributed by atoms with E-state index in [9.17, 15) is 28.7 Å². The number of imide groups is 2. The van der Waals surface area contributed by atoms with Crippen molar-refractivity contribution >= 4 is 74.1 Å². The maximum atomic E-state index is 14.4. The molecule has 230 valence electrons. The van der Waals surface area contributed by atoms with Crippen LogP contribution in [-0.4, -0.2) is 45.6 Å². The fourth-order valence-electron chi connectivity index (χ4n) is 7.48. The number of nitrogens with zero attached hydrogens (tertiary/aromatic N) is 2. The lowest BCUT2D eigenvalue weighted by atomic mass is 9.56. The van der Waals surface area contributed by atoms with Gasteiger partial charge in [0.1, 0.15) is 17.3 Å². The van der Waals surface area contributed by atoms with Gasteiger partial charge in [-0.25, -0.2) is 9.29 Å². The number of anilines is 2. The third-order valence-electron chi connectivity index (χ3n) is 9.53. The van der Waals surface area contributed by atoms with Crippen LogP contribution >= 0.6 is 39.1 Å². The van der Waals surface area contributed by atoms with Crippen LogP contribution in [0.15, 0.2) is 82.9 Å². The van der Waals surface area contributed by atoms with Crippen molar-refractivity contribution in [3.8, 4) is 11.5 Å². The van der Waals surface area contributed by atoms with Gasteiger partial charge in [0.2, 0.25) is 11.8 Å². The first-order valence-electron chi connectivity index (χ1n) is 14.1. The number of phenolic OH excluding ortho intramolecular Hbond substituents is 1. The predicted octanol–water partition coefficient (Wildman–Crippen LogP) is 6.07. The van der Waals surface area contributed by atoms with Crippen molar-refractivity contribution in [1.29, 1.82) is 0 Å². The Hall–Kier alpha value is -3.73. The summed E-state index contributed by atoms with van der Waals surface area (Å²) in [6.07, 6.45) is 1.73. The Kier molecular flexibility index (Phi) is 6.92. The van der Waals surface area contributed by atoms with Crippen LogP contribution in [0.25, 0.3) is 0 Å². The summed E-state index contributed by atoms with van der Waals surface area (Å²) in [4.78, 5) is 54.3. The number of carbonyl (C=O) groups is 4. The molecular weight excluding hydrogens is 690 g/mol. The van der Waals surface area contributed by atoms with Gasteiger partial charge in [0.15, 0.2) is 9.75 Å². The summed E-state index contributed by atoms with van der Waals surface area (Å²) in [5, 5.41) is 11.3. The van der Waals surface area contributed by atoms with Crippen LogP contribution in [0, 0.1) is 23.6 Å². The first-order chi connectivity index (χ1) is 21.4. The Morgan fingerprint density at radius 3 is 2.18 bits per heavy atom. The molecule has 2 heterocycles. The van der Waals surface area contributed by atoms with Gasteiger partial charge in [0.25, 0.3) is 11.8 Å². The monoisotopic (exact) mass is 712 g/mol. The number of methoxy groups -OCH3 is 1. The third kappa shape index (κ3) is 4.08. The number of hydrogen-bond acceptors (Lipinski definition) is 6. The fourth-order valence-corrected chi connectivity index (χ4v) is 8.67. The zero-order valence-electron chi connectivity index (χ0n) is 23.5. The van der Waals surface area contributed by atoms with Gasteiger partial charge in [-0.05, 0) is 73.4 Å². The minimum Gasteiger partial charge on any atom is -0.508 e. The minimum atomic E-state index is -2.15. The number of phenols is 1. The number of ether oxygens (including phenoxy) is 1. The van der Waals surface area contributed by atoms with E-state index in [-0.39, 0.29) is 35.7 Å². The summed E-state index contributed by atoms with van der Waals surface area (Å²) < 4.78 is 19.9. The topological polar surface area (TPSA) is 104 Å². The third-order valence-corrected chi connectivity index (χ3v) is 11.5. The van der Waals surface area contributed by atoms with E-state index in [0.29, 0.717) is 17.0 Å². The average Bonchev–Trinajstić information content (AvgIpc) is 3.36. The van der Waals surface area contributed by atoms with Gasteiger partial charge in [0, 0.05) is 22.0 Å². The maximum Gasteiger partial charge on any atom is 0.258 e. The van der Waals surface area contributed by atoms with Gasteiger partial charge < -0.3 is 9.84 Å². The van der Waals surface area contributed by atoms with E-state index in [1.807, 2.05) is 0 Å². The van der Waals surface area contributed by atoms with Gasteiger partial charge in [-0.1, -0.05) is 33.6 Å². The van der Waals surface area contributed by atoms with Gasteiger partial charge >= 0.3 is 0 Å². The molecule has 8 nitrogen and oxygen atoms in total. The molecule has 3 aromatic rings. The Labute approximate surface area is 275 Å². The average molecular weight is 714 g/mol. The second-order valence-electron chi connectivity index (χ2n) is 11.7. The molecule has 6 atom stereocenters. The zero-order chi connectivity index (χ0) is 32.0. The van der Waals surface area contributed by atoms with Crippen molar-refractivity contribution in [3.63, 3.8) is 0 Å². The molecule has 0 aromatic heterocycles. The summed E-state index contributed by atoms with van der Waals surface area (Å²) in [5.41, 5.74) is 1.21. The van der Waals surface area contributed by atoms with Crippen LogP contribution in [0.1, 0.15) is 24.3 Å². The maximum absolute atomic E-state index is 14.4. The predicted molar refractivity (Wildman–Crippen MR) is 168 cm³/mol. The number of allylic oxidation sites excluding steroid dienone is 2. The molecule has 4 amide bonds. The fraction of sp³-hybridized carbons (Fsp3) is 0.273. The first-order valence-corrected chi connectivity index (χ1v) is 15.7. The molecule has 2 saturated heterocycles. The van der Waals surface area contributed by atoms with E-state index in [1.165, 1.54) is 25.3 Å². The summed E-state index contributed by atoms with van der Waals surface area (Å²) in [5.74, 6) is -6.57. The first kappa shape index (κ1) is 30.0. The van der Waals surface area contributed by atoms with E-state index >= 15 is 0 Å². The molecule has 2 aliphatic heterocycles. The van der Waals surface area contributed by atoms with Crippen LogP contribution in [0.2, 0.25) is 0 Å². The van der Waals surface area contributed by atoms with Gasteiger partial charge in [-0.3, -0.25) is 24.1 Å². The summed E-state index contributed by atoms with van der Waals surface area (Å²) in [6, 6.07) is 16.1. The lowest BCUT2D eigenvalue weighted by Gasteiger charge is -2.50. The second-order valence-corrected chi connectivity index (χ2v) is 13.8. The van der Waals surface area contributed by atoms with E-state index < -0.39 is 57.0 Å². The molecule has 2 aliphatic carbocycles. The van der Waals surface area contributed by atoms with E-state index in [0.717, 1.165) is 26.4 Å². The Morgan fingerprint density at radius 1 is 0.889 bits per heavy atom. The molecule has 3 fully saturated rings. The molecule has 3 aromatic carbocycles. The van der Waals surface area contributed by atoms with Crippen LogP contribution < -0.4 is 14.5 Å². The minimum absolute atomic E-state index is 0.0712. The number of amides is 4. The normalized spacial score (nSPS) is 30.6. The molecule has 0 spiro atoms. The number of alkyl halides is 2. The molecule has 0 bridgehead atoms. The number of fused-ring (bicyclic) bond motifs is 4. The van der Waals surface area contributed by atoms with Gasteiger partial charge in [-0.15, -0.1) is 23.2 Å². The Morgan fingerprint density at radius 2 is 1.53 bits per heavy atom. The SMILES string of the molecule is COc1ccc([C@H]2C3=CC[C@@H]4C(=O)N(c5ccc(Br)cc5)C(=O)[C@@H]4[C@@H]3C[C@@]3(Cl)C(=O)N(c4ccc(F)cc4)C(=O)[C@@]23Cl)c(O)c1. The highest BCUT2D eigenvalue weighted by atomic mass is 79.9. The van der Waals surface area contributed by atoms with Crippen molar-refractivity contribution in [2.24, 2.45) is 17.8 Å². The molecule has 45 heavy (non-hydrogen) atoms. The van der Waals surface area contributed by atoms with Crippen LogP contribution in [0.5, 0.6) is 11.5 Å². The summed E-state index contributed by atoms with van der Waals surface area (Å²) in [7, 11) is 1.43. The summed E-state index contributed by atoms with van der Waals surface area (Å²) >= 11 is 18.0. The second kappa shape index (κ2) is 10.4. The van der Waals surface area contributed by atoms with Crippen LogP contribution in [-0.2, 0) is 19.2 Å². The van der Waals surface area contributed by atoms with Crippen molar-refractivity contribution < 1.29 is 33.4 Å². The molecular formula is C33H24BrCl2FN2O6. The van der Waals surface area contributed by atoms with Gasteiger partial charge in [-0.2, -0.15) is 0 Å². The Bertz CT molecular complexity index is 1840. The number of halogens is 4. The number of hydrogen-bond donors (Lipinski definition) is 1. The lowest BCUT2D eigenvalue weighted by Crippen LogP contribution is -2.60. The number of carbonyl (C=O) groups excluding carboxylic acids is 4. The largest absolute Gasteiger partial charge is 0.508 e. The standard InChI is InChI=1S/C33H24BrCl2FN2O6/c1-45-20-10-11-22(25(40)14-20)27-21-12-13-23-26(29(42)38(28(23)41)18-6-2-16(34)3-7-18)24(21)15-32(35)30(43)39(31(44)33(27,32)36)19-8-4-17(37)5-9-19/h2-12,14,23-24,26-27,40H,13,15H2,1H3/t23-,24+,26-,27+,32+,33-/m0/s1. The summed E-state index contributed by atoms with van der Waals surface area (Å²) in [6.45, 7) is 0. The zero-order valence-corrected chi connectivity index (χ0v) is 26.6. The van der Waals surface area contributed by atoms with Crippen molar-refractivity contribution in [1.82, 2.24) is 0 Å². The highest BCUT2D eigenvalue weighted by Gasteiger charge is 2.77. The Balaban J connectivity index is 1.40. The van der Waals surface area contributed by atoms with E-state index in [4.69, 9.17) is 27.9 Å². The van der Waals surface area contributed by atoms with Crippen LogP contribution in [0.3, 0.4) is 0 Å². The highest BCUT2D eigenvalue weighted by Crippen LogP contribution is 2.66. The van der Waals surface area contributed by atoms with E-state index in [2.05, 4.69) is 15.9 Å². The van der Waals surface area contributed by atoms with Crippen molar-refractivity contribution in [3.05, 3.63) is 94.2 Å². The molecule has 1 N–H and O–H groups in total. The smallest absolute Gasteiger partial charge is 0.258 e. The van der Waals surface area contributed by atoms with Crippen molar-refractivity contribution in [2.75, 3.05) is 16.9 Å². The molecule has 0 unspecified atom stereocenters. The lowest BCUT2D eigenvalue weighted by molar-refractivity contribution is -0.125. The number of rotatable bonds is 4. The van der Waals surface area contributed by atoms with E-state index in [1.54, 1.807) is 42.5 Å². The molecule has 1 saturated carbocycles.